The van der Waals surface area contributed by atoms with E-state index in [1.165, 1.54) is 11.8 Å². The van der Waals surface area contributed by atoms with Crippen LogP contribution in [0.25, 0.3) is 16.7 Å². The predicted octanol–water partition coefficient (Wildman–Crippen LogP) is 4.81. The normalized spacial score (nSPS) is 12.8. The molecule has 5 rings (SSSR count). The highest BCUT2D eigenvalue weighted by atomic mass is 35.5. The van der Waals surface area contributed by atoms with E-state index in [2.05, 4.69) is 4.98 Å². The molecule has 0 radical (unpaired) electrons. The molecule has 2 aromatic heterocycles. The standard InChI is InChI=1S/C23H18ClN3O3S/c1-14-6-7-25-20(10-14)27-22(28)16-4-2-3-5-18(16)26-23(27)31-13-15-11-17(24)21-19(12-15)29-8-9-30-21/h2-7,10-12H,8-9,13H2,1H3. The zero-order valence-corrected chi connectivity index (χ0v) is 18.2. The third-order valence-electron chi connectivity index (χ3n) is 4.90. The number of hydrogen-bond acceptors (Lipinski definition) is 6. The number of aryl methyl sites for hydroxylation is 1. The topological polar surface area (TPSA) is 66.2 Å². The van der Waals surface area contributed by atoms with Gasteiger partial charge in [-0.05, 0) is 54.4 Å². The summed E-state index contributed by atoms with van der Waals surface area (Å²) in [4.78, 5) is 22.5. The van der Waals surface area contributed by atoms with Gasteiger partial charge in [-0.2, -0.15) is 0 Å². The van der Waals surface area contributed by atoms with Crippen molar-refractivity contribution in [2.45, 2.75) is 17.8 Å². The largest absolute Gasteiger partial charge is 0.486 e. The highest BCUT2D eigenvalue weighted by Crippen LogP contribution is 2.39. The van der Waals surface area contributed by atoms with E-state index in [9.17, 15) is 4.79 Å². The lowest BCUT2D eigenvalue weighted by Crippen LogP contribution is -2.22. The van der Waals surface area contributed by atoms with Gasteiger partial charge in [-0.25, -0.2) is 14.5 Å². The monoisotopic (exact) mass is 451 g/mol. The van der Waals surface area contributed by atoms with Gasteiger partial charge in [0, 0.05) is 11.9 Å². The van der Waals surface area contributed by atoms with E-state index in [0.717, 1.165) is 11.1 Å². The van der Waals surface area contributed by atoms with E-state index in [4.69, 9.17) is 26.1 Å². The first-order valence-corrected chi connectivity index (χ1v) is 11.1. The van der Waals surface area contributed by atoms with Crippen LogP contribution in [0, 0.1) is 6.92 Å². The number of halogens is 1. The molecule has 0 amide bonds. The summed E-state index contributed by atoms with van der Waals surface area (Å²) < 4.78 is 12.8. The molecule has 0 fully saturated rings. The van der Waals surface area contributed by atoms with Crippen LogP contribution in [0.2, 0.25) is 5.02 Å². The van der Waals surface area contributed by atoms with Crippen LogP contribution in [0.3, 0.4) is 0 Å². The van der Waals surface area contributed by atoms with Crippen molar-refractivity contribution < 1.29 is 9.47 Å². The minimum absolute atomic E-state index is 0.147. The van der Waals surface area contributed by atoms with Crippen molar-refractivity contribution in [3.05, 3.63) is 81.2 Å². The van der Waals surface area contributed by atoms with Crippen molar-refractivity contribution in [1.82, 2.24) is 14.5 Å². The summed E-state index contributed by atoms with van der Waals surface area (Å²) in [5.41, 5.74) is 2.47. The lowest BCUT2D eigenvalue weighted by atomic mass is 10.2. The summed E-state index contributed by atoms with van der Waals surface area (Å²) in [6.45, 7) is 2.94. The van der Waals surface area contributed by atoms with E-state index in [1.54, 1.807) is 16.8 Å². The van der Waals surface area contributed by atoms with Crippen LogP contribution >= 0.6 is 23.4 Å². The van der Waals surface area contributed by atoms with Crippen LogP contribution in [0.4, 0.5) is 0 Å². The van der Waals surface area contributed by atoms with Gasteiger partial charge < -0.3 is 9.47 Å². The van der Waals surface area contributed by atoms with Gasteiger partial charge in [-0.3, -0.25) is 4.79 Å². The van der Waals surface area contributed by atoms with Crippen molar-refractivity contribution >= 4 is 34.3 Å². The molecule has 0 aliphatic carbocycles. The maximum Gasteiger partial charge on any atom is 0.267 e. The van der Waals surface area contributed by atoms with E-state index in [-0.39, 0.29) is 5.56 Å². The Kier molecular flexibility index (Phi) is 5.29. The number of hydrogen-bond donors (Lipinski definition) is 0. The molecule has 1 aliphatic rings. The molecule has 0 spiro atoms. The summed E-state index contributed by atoms with van der Waals surface area (Å²) in [6, 6.07) is 14.9. The molecule has 3 heterocycles. The van der Waals surface area contributed by atoms with Crippen LogP contribution < -0.4 is 15.0 Å². The average molecular weight is 452 g/mol. The van der Waals surface area contributed by atoms with Crippen molar-refractivity contribution in [1.29, 1.82) is 0 Å². The number of aromatic nitrogens is 3. The van der Waals surface area contributed by atoms with Crippen LogP contribution in [-0.2, 0) is 5.75 Å². The van der Waals surface area contributed by atoms with E-state index < -0.39 is 0 Å². The molecule has 31 heavy (non-hydrogen) atoms. The Morgan fingerprint density at radius 3 is 2.84 bits per heavy atom. The number of thioether (sulfide) groups is 1. The fourth-order valence-corrected chi connectivity index (χ4v) is 4.67. The molecule has 0 N–H and O–H groups in total. The van der Waals surface area contributed by atoms with Gasteiger partial charge in [0.1, 0.15) is 19.0 Å². The smallest absolute Gasteiger partial charge is 0.267 e. The van der Waals surface area contributed by atoms with E-state index in [1.807, 2.05) is 49.4 Å². The minimum atomic E-state index is -0.147. The second-order valence-electron chi connectivity index (χ2n) is 7.13. The SMILES string of the molecule is Cc1ccnc(-n2c(SCc3cc(Cl)c4c(c3)OCCO4)nc3ccccc3c2=O)c1. The van der Waals surface area contributed by atoms with Crippen LogP contribution in [-0.4, -0.2) is 27.7 Å². The first kappa shape index (κ1) is 19.9. The first-order valence-electron chi connectivity index (χ1n) is 9.76. The number of para-hydroxylation sites is 1. The zero-order chi connectivity index (χ0) is 21.4. The van der Waals surface area contributed by atoms with Gasteiger partial charge in [0.2, 0.25) is 0 Å². The van der Waals surface area contributed by atoms with Gasteiger partial charge in [-0.1, -0.05) is 35.5 Å². The number of ether oxygens (including phenoxy) is 2. The second-order valence-corrected chi connectivity index (χ2v) is 8.48. The fraction of sp³-hybridized carbons (Fsp3) is 0.174. The Hall–Kier alpha value is -3.03. The molecule has 1 aliphatic heterocycles. The molecule has 8 heteroatoms. The third-order valence-corrected chi connectivity index (χ3v) is 6.19. The minimum Gasteiger partial charge on any atom is -0.486 e. The van der Waals surface area contributed by atoms with Gasteiger partial charge in [0.05, 0.1) is 15.9 Å². The lowest BCUT2D eigenvalue weighted by molar-refractivity contribution is 0.171. The van der Waals surface area contributed by atoms with Crippen molar-refractivity contribution in [2.75, 3.05) is 13.2 Å². The van der Waals surface area contributed by atoms with Crippen LogP contribution in [0.1, 0.15) is 11.1 Å². The molecule has 2 aromatic carbocycles. The molecule has 4 aromatic rings. The second kappa shape index (κ2) is 8.24. The predicted molar refractivity (Wildman–Crippen MR) is 122 cm³/mol. The third kappa shape index (κ3) is 3.86. The zero-order valence-electron chi connectivity index (χ0n) is 16.7. The van der Waals surface area contributed by atoms with E-state index in [0.29, 0.717) is 57.4 Å². The highest BCUT2D eigenvalue weighted by molar-refractivity contribution is 7.98. The highest BCUT2D eigenvalue weighted by Gasteiger charge is 2.18. The Morgan fingerprint density at radius 2 is 1.97 bits per heavy atom. The van der Waals surface area contributed by atoms with Crippen LogP contribution in [0.5, 0.6) is 11.5 Å². The molecular formula is C23H18ClN3O3S. The van der Waals surface area contributed by atoms with Gasteiger partial charge in [0.15, 0.2) is 16.7 Å². The van der Waals surface area contributed by atoms with E-state index >= 15 is 0 Å². The maximum absolute atomic E-state index is 13.3. The van der Waals surface area contributed by atoms with Gasteiger partial charge >= 0.3 is 0 Å². The summed E-state index contributed by atoms with van der Waals surface area (Å²) >= 11 is 7.83. The Labute approximate surface area is 187 Å². The van der Waals surface area contributed by atoms with Crippen molar-refractivity contribution in [3.63, 3.8) is 0 Å². The Balaban J connectivity index is 1.57. The molecule has 6 nitrogen and oxygen atoms in total. The molecule has 0 saturated heterocycles. The lowest BCUT2D eigenvalue weighted by Gasteiger charge is -2.20. The Bertz CT molecular complexity index is 1360. The summed E-state index contributed by atoms with van der Waals surface area (Å²) in [5.74, 6) is 2.31. The van der Waals surface area contributed by atoms with Crippen LogP contribution in [0.15, 0.2) is 64.7 Å². The molecule has 0 unspecified atom stereocenters. The molecule has 0 atom stereocenters. The Morgan fingerprint density at radius 1 is 1.13 bits per heavy atom. The average Bonchev–Trinajstić information content (AvgIpc) is 2.78. The molecule has 156 valence electrons. The molecule has 0 saturated carbocycles. The maximum atomic E-state index is 13.3. The fourth-order valence-electron chi connectivity index (χ4n) is 3.45. The number of pyridine rings is 1. The number of rotatable bonds is 4. The van der Waals surface area contributed by atoms with Crippen molar-refractivity contribution in [3.8, 4) is 17.3 Å². The number of fused-ring (bicyclic) bond motifs is 2. The summed E-state index contributed by atoms with van der Waals surface area (Å²) in [5, 5.41) is 1.63. The van der Waals surface area contributed by atoms with Gasteiger partial charge in [0.25, 0.3) is 5.56 Å². The number of benzene rings is 2. The molecule has 0 bridgehead atoms. The first-order chi connectivity index (χ1) is 15.1. The number of nitrogens with zero attached hydrogens (tertiary/aromatic N) is 3. The quantitative estimate of drug-likeness (QED) is 0.328. The van der Waals surface area contributed by atoms with Gasteiger partial charge in [-0.15, -0.1) is 0 Å². The molecular weight excluding hydrogens is 434 g/mol. The van der Waals surface area contributed by atoms with Crippen molar-refractivity contribution in [2.24, 2.45) is 0 Å². The summed E-state index contributed by atoms with van der Waals surface area (Å²) in [6.07, 6.45) is 1.70. The summed E-state index contributed by atoms with van der Waals surface area (Å²) in [7, 11) is 0.